The molecule has 0 aliphatic carbocycles. The van der Waals surface area contributed by atoms with Gasteiger partial charge in [0.05, 0.1) is 11.8 Å². The zero-order valence-corrected chi connectivity index (χ0v) is 12.0. The topological polar surface area (TPSA) is 43.1 Å². The maximum absolute atomic E-state index is 12.9. The standard InChI is InChI=1S/C18H14FNO2/c1-12-3-2-4-15(17(12)18-20-9-10-22-18)16(21)11-13-5-7-14(19)8-6-13/h2-10H,11H2,1H3. The maximum Gasteiger partial charge on any atom is 0.226 e. The summed E-state index contributed by atoms with van der Waals surface area (Å²) in [6, 6.07) is 11.5. The first kappa shape index (κ1) is 14.2. The molecule has 0 atom stereocenters. The predicted molar refractivity (Wildman–Crippen MR) is 81.1 cm³/mol. The second-order valence-electron chi connectivity index (χ2n) is 5.06. The van der Waals surface area contributed by atoms with E-state index >= 15 is 0 Å². The lowest BCUT2D eigenvalue weighted by Crippen LogP contribution is -2.06. The second-order valence-corrected chi connectivity index (χ2v) is 5.06. The molecule has 0 aliphatic rings. The molecule has 0 N–H and O–H groups in total. The van der Waals surface area contributed by atoms with E-state index in [9.17, 15) is 9.18 Å². The number of rotatable bonds is 4. The smallest absolute Gasteiger partial charge is 0.226 e. The van der Waals surface area contributed by atoms with Crippen molar-refractivity contribution in [2.75, 3.05) is 0 Å². The van der Waals surface area contributed by atoms with Crippen LogP contribution < -0.4 is 0 Å². The molecule has 3 aromatic rings. The van der Waals surface area contributed by atoms with Crippen molar-refractivity contribution in [1.29, 1.82) is 0 Å². The zero-order valence-electron chi connectivity index (χ0n) is 12.0. The highest BCUT2D eigenvalue weighted by molar-refractivity contribution is 6.03. The molecule has 110 valence electrons. The number of hydrogen-bond donors (Lipinski definition) is 0. The molecule has 0 unspecified atom stereocenters. The highest BCUT2D eigenvalue weighted by Gasteiger charge is 2.18. The Labute approximate surface area is 127 Å². The van der Waals surface area contributed by atoms with Crippen molar-refractivity contribution in [3.8, 4) is 11.5 Å². The highest BCUT2D eigenvalue weighted by Crippen LogP contribution is 2.27. The number of hydrogen-bond acceptors (Lipinski definition) is 3. The molecule has 4 heteroatoms. The number of ketones is 1. The fourth-order valence-corrected chi connectivity index (χ4v) is 2.41. The molecule has 0 amide bonds. The van der Waals surface area contributed by atoms with Crippen molar-refractivity contribution in [2.24, 2.45) is 0 Å². The van der Waals surface area contributed by atoms with Crippen LogP contribution in [0.25, 0.3) is 11.5 Å². The van der Waals surface area contributed by atoms with Crippen LogP contribution in [0.15, 0.2) is 59.3 Å². The lowest BCUT2D eigenvalue weighted by Gasteiger charge is -2.09. The minimum atomic E-state index is -0.313. The van der Waals surface area contributed by atoms with Gasteiger partial charge in [0, 0.05) is 12.0 Å². The minimum absolute atomic E-state index is 0.0523. The fourth-order valence-electron chi connectivity index (χ4n) is 2.41. The quantitative estimate of drug-likeness (QED) is 0.677. The molecule has 0 aliphatic heterocycles. The van der Waals surface area contributed by atoms with Gasteiger partial charge in [0.2, 0.25) is 5.89 Å². The van der Waals surface area contributed by atoms with Gasteiger partial charge in [-0.05, 0) is 30.2 Å². The molecule has 1 heterocycles. The summed E-state index contributed by atoms with van der Waals surface area (Å²) in [6.07, 6.45) is 3.24. The molecule has 0 fully saturated rings. The van der Waals surface area contributed by atoms with Crippen LogP contribution >= 0.6 is 0 Å². The van der Waals surface area contributed by atoms with Crippen LogP contribution in [0.5, 0.6) is 0 Å². The normalized spacial score (nSPS) is 10.6. The van der Waals surface area contributed by atoms with Gasteiger partial charge >= 0.3 is 0 Å². The first-order valence-corrected chi connectivity index (χ1v) is 6.92. The Kier molecular flexibility index (Phi) is 3.83. The van der Waals surface area contributed by atoms with E-state index in [4.69, 9.17) is 4.42 Å². The van der Waals surface area contributed by atoms with Crippen LogP contribution in [-0.4, -0.2) is 10.8 Å². The van der Waals surface area contributed by atoms with Gasteiger partial charge in [-0.1, -0.05) is 30.3 Å². The highest BCUT2D eigenvalue weighted by atomic mass is 19.1. The number of nitrogens with zero attached hydrogens (tertiary/aromatic N) is 1. The van der Waals surface area contributed by atoms with E-state index in [-0.39, 0.29) is 18.0 Å². The lowest BCUT2D eigenvalue weighted by atomic mass is 9.95. The molecule has 3 rings (SSSR count). The summed E-state index contributed by atoms with van der Waals surface area (Å²) in [6.45, 7) is 1.91. The Bertz CT molecular complexity index is 792. The Morgan fingerprint density at radius 1 is 1.18 bits per heavy atom. The summed E-state index contributed by atoms with van der Waals surface area (Å²) in [5.74, 6) is 0.0660. The first-order chi connectivity index (χ1) is 10.6. The van der Waals surface area contributed by atoms with Gasteiger partial charge in [-0.15, -0.1) is 0 Å². The van der Waals surface area contributed by atoms with Gasteiger partial charge in [0.1, 0.15) is 12.1 Å². The van der Waals surface area contributed by atoms with E-state index in [1.165, 1.54) is 18.4 Å². The van der Waals surface area contributed by atoms with Crippen LogP contribution in [-0.2, 0) is 6.42 Å². The molecule has 22 heavy (non-hydrogen) atoms. The van der Waals surface area contributed by atoms with Crippen molar-refractivity contribution in [2.45, 2.75) is 13.3 Å². The van der Waals surface area contributed by atoms with Gasteiger partial charge in [0.25, 0.3) is 0 Å². The van der Waals surface area contributed by atoms with E-state index in [1.54, 1.807) is 24.4 Å². The van der Waals surface area contributed by atoms with Crippen LogP contribution in [0, 0.1) is 12.7 Å². The Morgan fingerprint density at radius 2 is 1.95 bits per heavy atom. The van der Waals surface area contributed by atoms with E-state index < -0.39 is 0 Å². The molecule has 0 bridgehead atoms. The number of halogens is 1. The number of carbonyl (C=O) groups is 1. The third-order valence-corrected chi connectivity index (χ3v) is 3.50. The van der Waals surface area contributed by atoms with Crippen molar-refractivity contribution in [3.63, 3.8) is 0 Å². The lowest BCUT2D eigenvalue weighted by molar-refractivity contribution is 0.0993. The summed E-state index contributed by atoms with van der Waals surface area (Å²) in [5.41, 5.74) is 2.96. The number of carbonyl (C=O) groups excluding carboxylic acids is 1. The summed E-state index contributed by atoms with van der Waals surface area (Å²) in [5, 5.41) is 0. The molecule has 0 radical (unpaired) electrons. The van der Waals surface area contributed by atoms with E-state index in [0.29, 0.717) is 17.0 Å². The van der Waals surface area contributed by atoms with Crippen LogP contribution in [0.1, 0.15) is 21.5 Å². The monoisotopic (exact) mass is 295 g/mol. The minimum Gasteiger partial charge on any atom is -0.444 e. The largest absolute Gasteiger partial charge is 0.444 e. The molecular formula is C18H14FNO2. The molecule has 0 spiro atoms. The van der Waals surface area contributed by atoms with Crippen molar-refractivity contribution in [1.82, 2.24) is 4.98 Å². The molecular weight excluding hydrogens is 281 g/mol. The molecule has 1 aromatic heterocycles. The fraction of sp³-hybridized carbons (Fsp3) is 0.111. The third-order valence-electron chi connectivity index (χ3n) is 3.50. The number of benzene rings is 2. The third kappa shape index (κ3) is 2.81. The average molecular weight is 295 g/mol. The van der Waals surface area contributed by atoms with E-state index in [2.05, 4.69) is 4.98 Å². The van der Waals surface area contributed by atoms with Crippen LogP contribution in [0.3, 0.4) is 0 Å². The Morgan fingerprint density at radius 3 is 2.64 bits per heavy atom. The van der Waals surface area contributed by atoms with Crippen molar-refractivity contribution >= 4 is 5.78 Å². The van der Waals surface area contributed by atoms with Crippen LogP contribution in [0.4, 0.5) is 4.39 Å². The predicted octanol–water partition coefficient (Wildman–Crippen LogP) is 4.21. The number of Topliss-reactive ketones (excluding diaryl/α,β-unsaturated/α-hetero) is 1. The Hall–Kier alpha value is -2.75. The number of aromatic nitrogens is 1. The van der Waals surface area contributed by atoms with Gasteiger partial charge < -0.3 is 4.42 Å². The van der Waals surface area contributed by atoms with Gasteiger partial charge in [0.15, 0.2) is 5.78 Å². The summed E-state index contributed by atoms with van der Waals surface area (Å²) < 4.78 is 18.3. The van der Waals surface area contributed by atoms with Gasteiger partial charge in [-0.2, -0.15) is 0 Å². The summed E-state index contributed by atoms with van der Waals surface area (Å²) in [7, 11) is 0. The van der Waals surface area contributed by atoms with E-state index in [0.717, 1.165) is 11.1 Å². The molecule has 3 nitrogen and oxygen atoms in total. The summed E-state index contributed by atoms with van der Waals surface area (Å²) >= 11 is 0. The Balaban J connectivity index is 1.96. The average Bonchev–Trinajstić information content (AvgIpc) is 3.03. The first-order valence-electron chi connectivity index (χ1n) is 6.92. The number of aryl methyl sites for hydroxylation is 1. The molecule has 0 saturated carbocycles. The van der Waals surface area contributed by atoms with Gasteiger partial charge in [-0.25, -0.2) is 9.37 Å². The van der Waals surface area contributed by atoms with E-state index in [1.807, 2.05) is 19.1 Å². The van der Waals surface area contributed by atoms with Crippen molar-refractivity contribution in [3.05, 3.63) is 77.4 Å². The SMILES string of the molecule is Cc1cccc(C(=O)Cc2ccc(F)cc2)c1-c1ncco1. The van der Waals surface area contributed by atoms with Crippen molar-refractivity contribution < 1.29 is 13.6 Å². The maximum atomic E-state index is 12.9. The molecule has 0 saturated heterocycles. The molecule has 2 aromatic carbocycles. The van der Waals surface area contributed by atoms with Crippen LogP contribution in [0.2, 0.25) is 0 Å². The second kappa shape index (κ2) is 5.93. The number of oxazole rings is 1. The summed E-state index contributed by atoms with van der Waals surface area (Å²) in [4.78, 5) is 16.7. The zero-order chi connectivity index (χ0) is 15.5. The van der Waals surface area contributed by atoms with Gasteiger partial charge in [-0.3, -0.25) is 4.79 Å².